The molecule has 100 valence electrons. The lowest BCUT2D eigenvalue weighted by Crippen LogP contribution is -2.15. The fraction of sp³-hybridized carbons (Fsp3) is 0.286. The molecule has 0 radical (unpaired) electrons. The van der Waals surface area contributed by atoms with E-state index in [1.807, 2.05) is 23.5 Å². The Labute approximate surface area is 140 Å². The van der Waals surface area contributed by atoms with E-state index in [1.165, 1.54) is 26.2 Å². The summed E-state index contributed by atoms with van der Waals surface area (Å²) >= 11 is 16.5. The molecule has 5 heteroatoms. The largest absolute Gasteiger partial charge is 0.377 e. The van der Waals surface area contributed by atoms with E-state index in [9.17, 15) is 0 Å². The quantitative estimate of drug-likeness (QED) is 0.571. The van der Waals surface area contributed by atoms with Crippen molar-refractivity contribution in [1.29, 1.82) is 0 Å². The molecule has 1 aliphatic rings. The molecular weight excluding hydrogens is 412 g/mol. The second kappa shape index (κ2) is 5.80. The summed E-state index contributed by atoms with van der Waals surface area (Å²) in [6, 6.07) is 8.27. The van der Waals surface area contributed by atoms with E-state index in [0.29, 0.717) is 16.1 Å². The van der Waals surface area contributed by atoms with E-state index in [2.05, 4.69) is 34.0 Å². The van der Waals surface area contributed by atoms with Crippen LogP contribution in [0, 0.1) is 2.88 Å². The van der Waals surface area contributed by atoms with Crippen LogP contribution >= 0.6 is 57.1 Å². The average molecular weight is 424 g/mol. The molecule has 0 fully saturated rings. The lowest BCUT2D eigenvalue weighted by Gasteiger charge is -2.25. The van der Waals surface area contributed by atoms with Crippen molar-refractivity contribution in [3.05, 3.63) is 47.6 Å². The molecule has 1 heterocycles. The highest BCUT2D eigenvalue weighted by atomic mass is 127. The molecule has 0 spiro atoms. The van der Waals surface area contributed by atoms with Gasteiger partial charge in [0.25, 0.3) is 0 Å². The molecule has 0 bridgehead atoms. The molecular formula is C14H12Cl2INS. The molecule has 2 aromatic rings. The first-order valence-corrected chi connectivity index (χ1v) is 8.78. The van der Waals surface area contributed by atoms with Gasteiger partial charge in [0.15, 0.2) is 0 Å². The fourth-order valence-electron chi connectivity index (χ4n) is 2.47. The standard InChI is InChI=1S/C14H12Cl2INS/c15-8-4-5-12(10(16)6-8)18-11-2-1-3-13-9(11)7-14(17)19-13/h4-7,11,18H,1-3H2. The molecule has 1 aromatic carbocycles. The van der Waals surface area contributed by atoms with Crippen molar-refractivity contribution in [2.24, 2.45) is 0 Å². The van der Waals surface area contributed by atoms with Gasteiger partial charge in [0.2, 0.25) is 0 Å². The van der Waals surface area contributed by atoms with Gasteiger partial charge in [-0.2, -0.15) is 0 Å². The third kappa shape index (κ3) is 3.04. The Bertz CT molecular complexity index is 611. The van der Waals surface area contributed by atoms with E-state index in [1.54, 1.807) is 6.07 Å². The number of benzene rings is 1. The van der Waals surface area contributed by atoms with Gasteiger partial charge in [-0.15, -0.1) is 11.3 Å². The monoisotopic (exact) mass is 423 g/mol. The maximum atomic E-state index is 6.24. The van der Waals surface area contributed by atoms with Crippen LogP contribution in [0.4, 0.5) is 5.69 Å². The van der Waals surface area contributed by atoms with E-state index in [4.69, 9.17) is 23.2 Å². The third-order valence-corrected chi connectivity index (χ3v) is 5.86. The number of hydrogen-bond donors (Lipinski definition) is 1. The number of thiophene rings is 1. The highest BCUT2D eigenvalue weighted by molar-refractivity contribution is 14.1. The number of fused-ring (bicyclic) bond motifs is 1. The van der Waals surface area contributed by atoms with Gasteiger partial charge < -0.3 is 5.32 Å². The Hall–Kier alpha value is 0.0300. The number of hydrogen-bond acceptors (Lipinski definition) is 2. The van der Waals surface area contributed by atoms with Crippen LogP contribution in [0.15, 0.2) is 24.3 Å². The Kier molecular flexibility index (Phi) is 4.27. The Morgan fingerprint density at radius 3 is 2.89 bits per heavy atom. The van der Waals surface area contributed by atoms with Crippen molar-refractivity contribution in [3.63, 3.8) is 0 Å². The number of anilines is 1. The van der Waals surface area contributed by atoms with Gasteiger partial charge in [-0.05, 0) is 71.7 Å². The molecule has 0 aliphatic heterocycles. The Balaban J connectivity index is 1.88. The summed E-state index contributed by atoms with van der Waals surface area (Å²) in [5.41, 5.74) is 2.40. The van der Waals surface area contributed by atoms with Crippen molar-refractivity contribution in [2.75, 3.05) is 5.32 Å². The molecule has 1 aliphatic carbocycles. The molecule has 1 N–H and O–H groups in total. The van der Waals surface area contributed by atoms with Crippen LogP contribution in [0.3, 0.4) is 0 Å². The average Bonchev–Trinajstić information content (AvgIpc) is 2.74. The van der Waals surface area contributed by atoms with Crippen molar-refractivity contribution < 1.29 is 0 Å². The van der Waals surface area contributed by atoms with Crippen LogP contribution in [0.2, 0.25) is 10.0 Å². The van der Waals surface area contributed by atoms with Crippen LogP contribution in [-0.2, 0) is 6.42 Å². The zero-order valence-electron chi connectivity index (χ0n) is 10.1. The SMILES string of the molecule is Clc1ccc(NC2CCCc3sc(I)cc32)c(Cl)c1. The maximum absolute atomic E-state index is 6.24. The van der Waals surface area contributed by atoms with E-state index in [-0.39, 0.29) is 0 Å². The van der Waals surface area contributed by atoms with Crippen LogP contribution in [-0.4, -0.2) is 0 Å². The predicted octanol–water partition coefficient (Wildman–Crippen LogP) is 6.15. The molecule has 0 saturated carbocycles. The van der Waals surface area contributed by atoms with Gasteiger partial charge in [0.05, 0.1) is 19.6 Å². The summed E-state index contributed by atoms with van der Waals surface area (Å²) in [4.78, 5) is 1.51. The Morgan fingerprint density at radius 1 is 1.26 bits per heavy atom. The highest BCUT2D eigenvalue weighted by Crippen LogP contribution is 2.39. The van der Waals surface area contributed by atoms with Crippen molar-refractivity contribution in [2.45, 2.75) is 25.3 Å². The minimum Gasteiger partial charge on any atom is -0.377 e. The molecule has 0 saturated heterocycles. The smallest absolute Gasteiger partial charge is 0.0660 e. The number of halogens is 3. The lowest BCUT2D eigenvalue weighted by atomic mass is 9.94. The van der Waals surface area contributed by atoms with Gasteiger partial charge in [-0.3, -0.25) is 0 Å². The number of nitrogens with one attached hydrogen (secondary N) is 1. The van der Waals surface area contributed by atoms with Crippen molar-refractivity contribution in [1.82, 2.24) is 0 Å². The highest BCUT2D eigenvalue weighted by Gasteiger charge is 2.23. The maximum Gasteiger partial charge on any atom is 0.0660 e. The zero-order chi connectivity index (χ0) is 13.4. The molecule has 1 unspecified atom stereocenters. The van der Waals surface area contributed by atoms with Gasteiger partial charge in [0, 0.05) is 9.90 Å². The van der Waals surface area contributed by atoms with E-state index >= 15 is 0 Å². The van der Waals surface area contributed by atoms with Crippen LogP contribution in [0.1, 0.15) is 29.3 Å². The second-order valence-corrected chi connectivity index (χ2v) is 8.52. The van der Waals surface area contributed by atoms with Gasteiger partial charge in [-0.1, -0.05) is 23.2 Å². The number of aryl methyl sites for hydroxylation is 1. The summed E-state index contributed by atoms with van der Waals surface area (Å²) in [7, 11) is 0. The number of rotatable bonds is 2. The summed E-state index contributed by atoms with van der Waals surface area (Å²) in [5.74, 6) is 0. The van der Waals surface area contributed by atoms with Crippen LogP contribution in [0.25, 0.3) is 0 Å². The van der Waals surface area contributed by atoms with E-state index in [0.717, 1.165) is 12.1 Å². The summed E-state index contributed by atoms with van der Waals surface area (Å²) < 4.78 is 1.36. The first-order valence-electron chi connectivity index (χ1n) is 6.13. The lowest BCUT2D eigenvalue weighted by molar-refractivity contribution is 0.609. The van der Waals surface area contributed by atoms with E-state index < -0.39 is 0 Å². The first kappa shape index (κ1) is 14.0. The van der Waals surface area contributed by atoms with Gasteiger partial charge in [-0.25, -0.2) is 0 Å². The minimum absolute atomic E-state index is 0.363. The van der Waals surface area contributed by atoms with Gasteiger partial charge >= 0.3 is 0 Å². The van der Waals surface area contributed by atoms with Crippen LogP contribution in [0.5, 0.6) is 0 Å². The van der Waals surface area contributed by atoms with Crippen molar-refractivity contribution >= 4 is 62.8 Å². The van der Waals surface area contributed by atoms with Crippen molar-refractivity contribution in [3.8, 4) is 0 Å². The minimum atomic E-state index is 0.363. The Morgan fingerprint density at radius 2 is 2.11 bits per heavy atom. The normalized spacial score (nSPS) is 18.2. The first-order chi connectivity index (χ1) is 9.13. The summed E-state index contributed by atoms with van der Waals surface area (Å²) in [6.45, 7) is 0. The van der Waals surface area contributed by atoms with Gasteiger partial charge in [0.1, 0.15) is 0 Å². The molecule has 0 amide bonds. The molecule has 1 atom stereocenters. The predicted molar refractivity (Wildman–Crippen MR) is 92.8 cm³/mol. The summed E-state index contributed by atoms with van der Waals surface area (Å²) in [5, 5.41) is 4.91. The fourth-order valence-corrected chi connectivity index (χ4v) is 5.05. The second-order valence-electron chi connectivity index (χ2n) is 4.64. The molecule has 19 heavy (non-hydrogen) atoms. The molecule has 1 nitrogen and oxygen atoms in total. The topological polar surface area (TPSA) is 12.0 Å². The third-order valence-electron chi connectivity index (χ3n) is 3.34. The van der Waals surface area contributed by atoms with Crippen LogP contribution < -0.4 is 5.32 Å². The molecule has 3 rings (SSSR count). The summed E-state index contributed by atoms with van der Waals surface area (Å²) in [6.07, 6.45) is 3.58. The molecule has 1 aromatic heterocycles. The zero-order valence-corrected chi connectivity index (χ0v) is 14.5.